The normalized spacial score (nSPS) is 15.5. The van der Waals surface area contributed by atoms with Crippen LogP contribution in [0.4, 0.5) is 0 Å². The molecule has 116 valence electrons. The van der Waals surface area contributed by atoms with E-state index in [-0.39, 0.29) is 5.91 Å². The average molecular weight is 299 g/mol. The molecule has 1 amide bonds. The maximum Gasteiger partial charge on any atom is 0.223 e. The zero-order valence-corrected chi connectivity index (χ0v) is 12.6. The molecule has 1 fully saturated rings. The van der Waals surface area contributed by atoms with Crippen molar-refractivity contribution in [3.05, 3.63) is 42.4 Å². The Morgan fingerprint density at radius 3 is 2.95 bits per heavy atom. The van der Waals surface area contributed by atoms with Crippen LogP contribution in [0.5, 0.6) is 0 Å². The Kier molecular flexibility index (Phi) is 4.85. The standard InChI is InChI=1S/C17H21N3O2/c21-17(20-11-4-9-18-10-12-20)8-7-16-19-13-15(22-16)14-5-2-1-3-6-14/h1-3,5-6,13,18H,4,7-12H2. The molecule has 0 atom stereocenters. The first-order chi connectivity index (χ1) is 10.8. The van der Waals surface area contributed by atoms with Crippen LogP contribution in [0.25, 0.3) is 11.3 Å². The van der Waals surface area contributed by atoms with Crippen LogP contribution in [0.3, 0.4) is 0 Å². The number of rotatable bonds is 4. The molecule has 5 nitrogen and oxygen atoms in total. The van der Waals surface area contributed by atoms with E-state index in [4.69, 9.17) is 4.42 Å². The van der Waals surface area contributed by atoms with Crippen LogP contribution in [0.2, 0.25) is 0 Å². The fourth-order valence-corrected chi connectivity index (χ4v) is 2.63. The summed E-state index contributed by atoms with van der Waals surface area (Å²) in [7, 11) is 0. The van der Waals surface area contributed by atoms with E-state index in [1.165, 1.54) is 0 Å². The van der Waals surface area contributed by atoms with Crippen LogP contribution in [0.15, 0.2) is 40.9 Å². The second-order valence-electron chi connectivity index (χ2n) is 5.47. The quantitative estimate of drug-likeness (QED) is 0.939. The summed E-state index contributed by atoms with van der Waals surface area (Å²) in [5.74, 6) is 1.56. The number of aromatic nitrogens is 1. The molecule has 1 saturated heterocycles. The van der Waals surface area contributed by atoms with E-state index in [1.54, 1.807) is 6.20 Å². The highest BCUT2D eigenvalue weighted by molar-refractivity contribution is 5.76. The molecule has 3 rings (SSSR count). The Balaban J connectivity index is 1.55. The van der Waals surface area contributed by atoms with E-state index in [1.807, 2.05) is 35.2 Å². The third-order valence-corrected chi connectivity index (χ3v) is 3.86. The highest BCUT2D eigenvalue weighted by atomic mass is 16.4. The second-order valence-corrected chi connectivity index (χ2v) is 5.47. The minimum Gasteiger partial charge on any atom is -0.441 e. The van der Waals surface area contributed by atoms with Crippen LogP contribution < -0.4 is 5.32 Å². The van der Waals surface area contributed by atoms with Crippen molar-refractivity contribution >= 4 is 5.91 Å². The largest absolute Gasteiger partial charge is 0.441 e. The van der Waals surface area contributed by atoms with E-state index in [9.17, 15) is 4.79 Å². The van der Waals surface area contributed by atoms with Crippen LogP contribution in [0.1, 0.15) is 18.7 Å². The van der Waals surface area contributed by atoms with Crippen molar-refractivity contribution in [2.75, 3.05) is 26.2 Å². The predicted octanol–water partition coefficient (Wildman–Crippen LogP) is 2.10. The van der Waals surface area contributed by atoms with Crippen molar-refractivity contribution in [3.63, 3.8) is 0 Å². The van der Waals surface area contributed by atoms with Gasteiger partial charge in [-0.3, -0.25) is 4.79 Å². The van der Waals surface area contributed by atoms with Gasteiger partial charge in [-0.1, -0.05) is 30.3 Å². The van der Waals surface area contributed by atoms with Gasteiger partial charge in [0.2, 0.25) is 5.91 Å². The van der Waals surface area contributed by atoms with Gasteiger partial charge in [-0.05, 0) is 13.0 Å². The summed E-state index contributed by atoms with van der Waals surface area (Å²) < 4.78 is 5.74. The summed E-state index contributed by atoms with van der Waals surface area (Å²) >= 11 is 0. The number of oxazole rings is 1. The monoisotopic (exact) mass is 299 g/mol. The zero-order chi connectivity index (χ0) is 15.2. The second kappa shape index (κ2) is 7.22. The number of carbonyl (C=O) groups is 1. The van der Waals surface area contributed by atoms with Crippen LogP contribution >= 0.6 is 0 Å². The van der Waals surface area contributed by atoms with Crippen LogP contribution in [0, 0.1) is 0 Å². The first-order valence-electron chi connectivity index (χ1n) is 7.81. The minimum atomic E-state index is 0.183. The topological polar surface area (TPSA) is 58.4 Å². The molecule has 5 heteroatoms. The van der Waals surface area contributed by atoms with Gasteiger partial charge in [0.25, 0.3) is 0 Å². The first-order valence-corrected chi connectivity index (χ1v) is 7.81. The van der Waals surface area contributed by atoms with Gasteiger partial charge in [-0.2, -0.15) is 0 Å². The van der Waals surface area contributed by atoms with Crippen LogP contribution in [-0.2, 0) is 11.2 Å². The molecule has 1 aromatic carbocycles. The Hall–Kier alpha value is -2.14. The summed E-state index contributed by atoms with van der Waals surface area (Å²) in [6, 6.07) is 9.87. The van der Waals surface area contributed by atoms with Gasteiger partial charge in [-0.15, -0.1) is 0 Å². The number of nitrogens with one attached hydrogen (secondary N) is 1. The molecule has 0 unspecified atom stereocenters. The van der Waals surface area contributed by atoms with Gasteiger partial charge < -0.3 is 14.6 Å². The molecule has 0 bridgehead atoms. The number of benzene rings is 1. The molecule has 0 aliphatic carbocycles. The summed E-state index contributed by atoms with van der Waals surface area (Å²) in [6.07, 6.45) is 3.75. The van der Waals surface area contributed by atoms with E-state index in [2.05, 4.69) is 10.3 Å². The number of aryl methyl sites for hydroxylation is 1. The number of hydrogen-bond donors (Lipinski definition) is 1. The maximum absolute atomic E-state index is 12.2. The lowest BCUT2D eigenvalue weighted by molar-refractivity contribution is -0.131. The van der Waals surface area contributed by atoms with Gasteiger partial charge in [0, 0.05) is 38.0 Å². The summed E-state index contributed by atoms with van der Waals surface area (Å²) in [6.45, 7) is 3.50. The van der Waals surface area contributed by atoms with Gasteiger partial charge in [0.05, 0.1) is 6.20 Å². The number of amides is 1. The van der Waals surface area contributed by atoms with Crippen molar-refractivity contribution in [1.29, 1.82) is 0 Å². The Labute approximate surface area is 130 Å². The Bertz CT molecular complexity index is 601. The molecule has 0 saturated carbocycles. The number of hydrogen-bond acceptors (Lipinski definition) is 4. The third-order valence-electron chi connectivity index (χ3n) is 3.86. The molecule has 0 radical (unpaired) electrons. The molecule has 1 aliphatic heterocycles. The first kappa shape index (κ1) is 14.8. The van der Waals surface area contributed by atoms with Crippen molar-refractivity contribution in [2.24, 2.45) is 0 Å². The van der Waals surface area contributed by atoms with Gasteiger partial charge in [-0.25, -0.2) is 4.98 Å². The molecule has 1 N–H and O–H groups in total. The lowest BCUT2D eigenvalue weighted by Gasteiger charge is -2.19. The molecule has 1 aliphatic rings. The van der Waals surface area contributed by atoms with Crippen molar-refractivity contribution in [2.45, 2.75) is 19.3 Å². The number of carbonyl (C=O) groups excluding carboxylic acids is 1. The fraction of sp³-hybridized carbons (Fsp3) is 0.412. The molecular formula is C17H21N3O2. The molecule has 22 heavy (non-hydrogen) atoms. The molecule has 1 aromatic heterocycles. The van der Waals surface area contributed by atoms with Gasteiger partial charge in [0.1, 0.15) is 0 Å². The minimum absolute atomic E-state index is 0.183. The smallest absolute Gasteiger partial charge is 0.223 e. The molecule has 2 aromatic rings. The Morgan fingerprint density at radius 2 is 2.09 bits per heavy atom. The van der Waals surface area contributed by atoms with Crippen molar-refractivity contribution in [1.82, 2.24) is 15.2 Å². The molecule has 0 spiro atoms. The molecule has 2 heterocycles. The third kappa shape index (κ3) is 3.74. The predicted molar refractivity (Wildman–Crippen MR) is 84.3 cm³/mol. The lowest BCUT2D eigenvalue weighted by atomic mass is 10.2. The zero-order valence-electron chi connectivity index (χ0n) is 12.6. The van der Waals surface area contributed by atoms with Crippen molar-refractivity contribution < 1.29 is 9.21 Å². The van der Waals surface area contributed by atoms with Crippen LogP contribution in [-0.4, -0.2) is 42.0 Å². The Morgan fingerprint density at radius 1 is 1.23 bits per heavy atom. The van der Waals surface area contributed by atoms with Gasteiger partial charge >= 0.3 is 0 Å². The molecular weight excluding hydrogens is 278 g/mol. The van der Waals surface area contributed by atoms with Gasteiger partial charge in [0.15, 0.2) is 11.7 Å². The summed E-state index contributed by atoms with van der Waals surface area (Å²) in [4.78, 5) is 18.4. The summed E-state index contributed by atoms with van der Waals surface area (Å²) in [5.41, 5.74) is 1.01. The highest BCUT2D eigenvalue weighted by Gasteiger charge is 2.16. The SMILES string of the molecule is O=C(CCc1ncc(-c2ccccc2)o1)N1CCCNCC1. The van der Waals surface area contributed by atoms with E-state index in [0.717, 1.165) is 43.9 Å². The summed E-state index contributed by atoms with van der Waals surface area (Å²) in [5, 5.41) is 3.30. The number of nitrogens with zero attached hydrogens (tertiary/aromatic N) is 2. The highest BCUT2D eigenvalue weighted by Crippen LogP contribution is 2.20. The maximum atomic E-state index is 12.2. The lowest BCUT2D eigenvalue weighted by Crippen LogP contribution is -2.34. The van der Waals surface area contributed by atoms with E-state index < -0.39 is 0 Å². The van der Waals surface area contributed by atoms with E-state index >= 15 is 0 Å². The fourth-order valence-electron chi connectivity index (χ4n) is 2.63. The average Bonchev–Trinajstić information content (AvgIpc) is 2.87. The van der Waals surface area contributed by atoms with E-state index in [0.29, 0.717) is 18.7 Å². The van der Waals surface area contributed by atoms with Crippen molar-refractivity contribution in [3.8, 4) is 11.3 Å².